The Balaban J connectivity index is 1.79. The van der Waals surface area contributed by atoms with E-state index in [-0.39, 0.29) is 4.90 Å². The molecule has 0 saturated carbocycles. The van der Waals surface area contributed by atoms with Crippen LogP contribution in [-0.2, 0) is 14.4 Å². The summed E-state index contributed by atoms with van der Waals surface area (Å²) in [7, 11) is -0.847. The fourth-order valence-corrected chi connectivity index (χ4v) is 3.97. The summed E-state index contributed by atoms with van der Waals surface area (Å²) in [5.74, 6) is 1.37. The highest BCUT2D eigenvalue weighted by atomic mass is 32.2. The second-order valence-electron chi connectivity index (χ2n) is 6.60. The minimum Gasteiger partial charge on any atom is -0.497 e. The number of ether oxygens (including phenoxy) is 2. The summed E-state index contributed by atoms with van der Waals surface area (Å²) in [6, 6.07) is 17.4. The first-order valence-electron chi connectivity index (χ1n) is 8.88. The zero-order valence-corrected chi connectivity index (χ0v) is 17.0. The molecule has 3 aromatic carbocycles. The van der Waals surface area contributed by atoms with Crippen LogP contribution in [0.25, 0.3) is 11.1 Å². The first-order chi connectivity index (χ1) is 13.9. The Labute approximate surface area is 169 Å². The zero-order chi connectivity index (χ0) is 20.6. The van der Waals surface area contributed by atoms with Crippen LogP contribution in [0.15, 0.2) is 70.7 Å². The lowest BCUT2D eigenvalue weighted by Gasteiger charge is -2.05. The zero-order valence-electron chi connectivity index (χ0n) is 16.2. The fraction of sp³-hybridized carbons (Fsp3) is 0.136. The van der Waals surface area contributed by atoms with E-state index in [1.165, 1.54) is 12.1 Å². The molecule has 29 heavy (non-hydrogen) atoms. The number of benzene rings is 3. The molecule has 0 aromatic heterocycles. The molecule has 1 aliphatic rings. The van der Waals surface area contributed by atoms with E-state index in [2.05, 4.69) is 5.16 Å². The van der Waals surface area contributed by atoms with Crippen LogP contribution in [-0.4, -0.2) is 28.3 Å². The summed E-state index contributed by atoms with van der Waals surface area (Å²) in [6.07, 6.45) is 0. The van der Waals surface area contributed by atoms with Gasteiger partial charge in [-0.3, -0.25) is 4.28 Å². The minimum atomic E-state index is -4.03. The predicted molar refractivity (Wildman–Crippen MR) is 110 cm³/mol. The van der Waals surface area contributed by atoms with Gasteiger partial charge in [-0.05, 0) is 66.6 Å². The molecule has 7 heteroatoms. The molecule has 0 spiro atoms. The molecule has 0 atom stereocenters. The molecule has 0 amide bonds. The lowest BCUT2D eigenvalue weighted by atomic mass is 10.1. The summed E-state index contributed by atoms with van der Waals surface area (Å²) in [5, 5.41) is 4.03. The molecular formula is C22H19NO5S. The van der Waals surface area contributed by atoms with Gasteiger partial charge in [0, 0.05) is 11.1 Å². The van der Waals surface area contributed by atoms with Crippen LogP contribution >= 0.6 is 0 Å². The second-order valence-corrected chi connectivity index (χ2v) is 8.13. The molecule has 0 radical (unpaired) electrons. The standard InChI is InChI=1S/C22H19NO5S/c1-14-4-8-17(9-5-14)29(24,25)28-23-22-18-10-6-15(26-2)12-20(18)21-13-16(27-3)7-11-19(21)22/h4-13H,1-3H3. The van der Waals surface area contributed by atoms with Crippen molar-refractivity contribution < 1.29 is 22.2 Å². The Morgan fingerprint density at radius 3 is 1.72 bits per heavy atom. The van der Waals surface area contributed by atoms with E-state index in [1.54, 1.807) is 38.5 Å². The lowest BCUT2D eigenvalue weighted by molar-refractivity contribution is 0.339. The molecule has 1 aliphatic carbocycles. The molecule has 148 valence electrons. The number of aryl methyl sites for hydroxylation is 1. The van der Waals surface area contributed by atoms with Crippen LogP contribution in [0.4, 0.5) is 0 Å². The van der Waals surface area contributed by atoms with Gasteiger partial charge in [0.1, 0.15) is 22.1 Å². The third-order valence-electron chi connectivity index (χ3n) is 4.79. The Kier molecular flexibility index (Phi) is 4.76. The molecule has 0 N–H and O–H groups in total. The van der Waals surface area contributed by atoms with E-state index in [9.17, 15) is 8.42 Å². The van der Waals surface area contributed by atoms with E-state index in [0.29, 0.717) is 17.2 Å². The summed E-state index contributed by atoms with van der Waals surface area (Å²) < 4.78 is 40.8. The molecule has 0 heterocycles. The quantitative estimate of drug-likeness (QED) is 0.463. The van der Waals surface area contributed by atoms with Gasteiger partial charge in [0.15, 0.2) is 0 Å². The maximum atomic E-state index is 12.6. The van der Waals surface area contributed by atoms with Crippen LogP contribution in [0.1, 0.15) is 16.7 Å². The van der Waals surface area contributed by atoms with Crippen molar-refractivity contribution in [1.29, 1.82) is 0 Å². The third kappa shape index (κ3) is 3.45. The van der Waals surface area contributed by atoms with Crippen molar-refractivity contribution in [2.24, 2.45) is 5.16 Å². The molecule has 0 bridgehead atoms. The minimum absolute atomic E-state index is 0.0513. The number of nitrogens with zero attached hydrogens (tertiary/aromatic N) is 1. The second kappa shape index (κ2) is 7.25. The summed E-state index contributed by atoms with van der Waals surface area (Å²) in [6.45, 7) is 1.88. The van der Waals surface area contributed by atoms with Gasteiger partial charge in [0.05, 0.1) is 14.2 Å². The number of hydrogen-bond acceptors (Lipinski definition) is 6. The van der Waals surface area contributed by atoms with Crippen molar-refractivity contribution in [3.05, 3.63) is 77.4 Å². The van der Waals surface area contributed by atoms with Crippen molar-refractivity contribution >= 4 is 15.8 Å². The number of oxime groups is 1. The molecular weight excluding hydrogens is 390 g/mol. The first kappa shape index (κ1) is 19.0. The van der Waals surface area contributed by atoms with Gasteiger partial charge in [-0.25, -0.2) is 0 Å². The van der Waals surface area contributed by atoms with Crippen molar-refractivity contribution in [2.75, 3.05) is 14.2 Å². The smallest absolute Gasteiger partial charge is 0.358 e. The monoisotopic (exact) mass is 409 g/mol. The topological polar surface area (TPSA) is 74.2 Å². The molecule has 3 aromatic rings. The number of hydrogen-bond donors (Lipinski definition) is 0. The van der Waals surface area contributed by atoms with Gasteiger partial charge in [-0.2, -0.15) is 8.42 Å². The molecule has 0 saturated heterocycles. The van der Waals surface area contributed by atoms with Crippen LogP contribution in [0.5, 0.6) is 11.5 Å². The maximum Gasteiger partial charge on any atom is 0.358 e. The number of fused-ring (bicyclic) bond motifs is 3. The highest BCUT2D eigenvalue weighted by Crippen LogP contribution is 2.41. The lowest BCUT2D eigenvalue weighted by Crippen LogP contribution is -2.06. The molecule has 6 nitrogen and oxygen atoms in total. The van der Waals surface area contributed by atoms with E-state index in [4.69, 9.17) is 13.8 Å². The Bertz CT molecular complexity index is 1160. The largest absolute Gasteiger partial charge is 0.497 e. The predicted octanol–water partition coefficient (Wildman–Crippen LogP) is 4.15. The summed E-state index contributed by atoms with van der Waals surface area (Å²) in [4.78, 5) is 0.0513. The number of methoxy groups -OCH3 is 2. The highest BCUT2D eigenvalue weighted by molar-refractivity contribution is 7.86. The molecule has 0 aliphatic heterocycles. The van der Waals surface area contributed by atoms with Gasteiger partial charge in [-0.1, -0.05) is 22.9 Å². The number of rotatable bonds is 5. The maximum absolute atomic E-state index is 12.6. The average molecular weight is 409 g/mol. The van der Waals surface area contributed by atoms with Crippen molar-refractivity contribution in [1.82, 2.24) is 0 Å². The molecule has 0 fully saturated rings. The van der Waals surface area contributed by atoms with Crippen LogP contribution in [0.2, 0.25) is 0 Å². The van der Waals surface area contributed by atoms with E-state index in [1.807, 2.05) is 31.2 Å². The molecule has 0 unspecified atom stereocenters. The first-order valence-corrected chi connectivity index (χ1v) is 10.3. The van der Waals surface area contributed by atoms with Gasteiger partial charge in [0.2, 0.25) is 0 Å². The Hall–Kier alpha value is -3.32. The SMILES string of the molecule is COc1ccc2c(c1)-c1cc(OC)ccc1C2=NOS(=O)(=O)c1ccc(C)cc1. The van der Waals surface area contributed by atoms with Crippen LogP contribution < -0.4 is 9.47 Å². The van der Waals surface area contributed by atoms with Crippen LogP contribution in [0, 0.1) is 6.92 Å². The molecule has 4 rings (SSSR count). The van der Waals surface area contributed by atoms with Crippen LogP contribution in [0.3, 0.4) is 0 Å². The summed E-state index contributed by atoms with van der Waals surface area (Å²) >= 11 is 0. The Morgan fingerprint density at radius 2 is 1.24 bits per heavy atom. The Morgan fingerprint density at radius 1 is 0.724 bits per heavy atom. The van der Waals surface area contributed by atoms with Crippen molar-refractivity contribution in [2.45, 2.75) is 11.8 Å². The highest BCUT2D eigenvalue weighted by Gasteiger charge is 2.28. The van der Waals surface area contributed by atoms with Gasteiger partial charge >= 0.3 is 10.1 Å². The van der Waals surface area contributed by atoms with Crippen molar-refractivity contribution in [3.8, 4) is 22.6 Å². The van der Waals surface area contributed by atoms with E-state index >= 15 is 0 Å². The van der Waals surface area contributed by atoms with Gasteiger partial charge in [0.25, 0.3) is 0 Å². The fourth-order valence-electron chi connectivity index (χ4n) is 3.24. The average Bonchev–Trinajstić information content (AvgIpc) is 3.04. The normalized spacial score (nSPS) is 12.2. The third-order valence-corrected chi connectivity index (χ3v) is 5.91. The summed E-state index contributed by atoms with van der Waals surface area (Å²) in [5.41, 5.74) is 4.65. The van der Waals surface area contributed by atoms with Crippen molar-refractivity contribution in [3.63, 3.8) is 0 Å². The van der Waals surface area contributed by atoms with Gasteiger partial charge < -0.3 is 9.47 Å². The van der Waals surface area contributed by atoms with E-state index < -0.39 is 10.1 Å². The van der Waals surface area contributed by atoms with E-state index in [0.717, 1.165) is 27.8 Å². The van der Waals surface area contributed by atoms with Gasteiger partial charge in [-0.15, -0.1) is 0 Å².